The molecule has 2 aromatic heterocycles. The first-order valence-corrected chi connectivity index (χ1v) is 22.2. The number of aryl methyl sites for hydroxylation is 1. The Morgan fingerprint density at radius 1 is 0.359 bits per heavy atom. The smallest absolute Gasteiger partial charge is 0.160 e. The highest BCUT2D eigenvalue weighted by molar-refractivity contribution is 6.10. The molecule has 0 saturated heterocycles. The minimum Gasteiger partial charge on any atom is -0.309 e. The van der Waals surface area contributed by atoms with Gasteiger partial charge in [-0.2, -0.15) is 0 Å². The van der Waals surface area contributed by atoms with Gasteiger partial charge in [0.1, 0.15) is 0 Å². The second-order valence-corrected chi connectivity index (χ2v) is 16.9. The molecule has 64 heavy (non-hydrogen) atoms. The zero-order chi connectivity index (χ0) is 42.4. The zero-order valence-electron chi connectivity index (χ0n) is 35.3. The second-order valence-electron chi connectivity index (χ2n) is 16.9. The van der Waals surface area contributed by atoms with E-state index in [1.165, 1.54) is 66.3 Å². The Balaban J connectivity index is 0.879. The molecule has 302 valence electrons. The molecule has 2 heterocycles. The van der Waals surface area contributed by atoms with Gasteiger partial charge in [-0.3, -0.25) is 0 Å². The molecule has 0 amide bonds. The van der Waals surface area contributed by atoms with Crippen LogP contribution >= 0.6 is 0 Å². The molecule has 9 aromatic carbocycles. The van der Waals surface area contributed by atoms with Gasteiger partial charge in [0.15, 0.2) is 5.82 Å². The lowest BCUT2D eigenvalue weighted by molar-refractivity contribution is 0.729. The van der Waals surface area contributed by atoms with Gasteiger partial charge < -0.3 is 4.57 Å². The summed E-state index contributed by atoms with van der Waals surface area (Å²) in [6.07, 6.45) is 2.16. The van der Waals surface area contributed by atoms with Crippen molar-refractivity contribution in [2.75, 3.05) is 0 Å². The lowest BCUT2D eigenvalue weighted by Crippen LogP contribution is -1.99. The maximum absolute atomic E-state index is 5.06. The summed E-state index contributed by atoms with van der Waals surface area (Å²) in [6, 6.07) is 83.2. The van der Waals surface area contributed by atoms with Gasteiger partial charge >= 0.3 is 0 Å². The van der Waals surface area contributed by atoms with Crippen molar-refractivity contribution >= 4 is 21.8 Å². The summed E-state index contributed by atoms with van der Waals surface area (Å²) >= 11 is 0. The number of para-hydroxylation sites is 1. The maximum Gasteiger partial charge on any atom is 0.160 e. The van der Waals surface area contributed by atoms with E-state index in [0.29, 0.717) is 5.92 Å². The van der Waals surface area contributed by atoms with Gasteiger partial charge in [0.2, 0.25) is 0 Å². The van der Waals surface area contributed by atoms with Crippen LogP contribution in [0.5, 0.6) is 0 Å². The molecule has 3 heteroatoms. The van der Waals surface area contributed by atoms with Crippen LogP contribution in [0.3, 0.4) is 0 Å². The second kappa shape index (κ2) is 16.0. The van der Waals surface area contributed by atoms with Crippen molar-refractivity contribution in [1.29, 1.82) is 0 Å². The molecule has 0 spiro atoms. The molecule has 1 aliphatic rings. The first-order chi connectivity index (χ1) is 31.7. The summed E-state index contributed by atoms with van der Waals surface area (Å²) in [4.78, 5) is 10.0. The van der Waals surface area contributed by atoms with E-state index in [2.05, 4.69) is 211 Å². The highest BCUT2D eigenvalue weighted by Gasteiger charge is 2.28. The van der Waals surface area contributed by atoms with E-state index in [1.54, 1.807) is 0 Å². The molecule has 0 aliphatic heterocycles. The quantitative estimate of drug-likeness (QED) is 0.145. The molecule has 3 nitrogen and oxygen atoms in total. The number of benzene rings is 9. The molecule has 12 rings (SSSR count). The minimum atomic E-state index is 0.395. The fourth-order valence-corrected chi connectivity index (χ4v) is 9.91. The largest absolute Gasteiger partial charge is 0.309 e. The van der Waals surface area contributed by atoms with Gasteiger partial charge in [0, 0.05) is 39.1 Å². The molecule has 1 atom stereocenters. The number of rotatable bonds is 9. The number of aromatic nitrogens is 3. The fourth-order valence-electron chi connectivity index (χ4n) is 9.91. The Kier molecular flexibility index (Phi) is 9.38. The standard InChI is InChI=1S/C61H43N3/c1-4-15-41(16-5-1)27-34-52-50-23-10-11-24-51(50)55-38-48(32-35-53(52)55)46-21-14-22-49(37-46)64-59-26-13-12-25-54(59)56-39-47(33-36-60(56)64)42-28-30-44(31-29-42)58-40-57(43-17-6-2-7-18-43)62-61(63-58)45-19-8-3-9-20-45/h1-26,28-33,35-40,52H,27,34H2. The minimum absolute atomic E-state index is 0.395. The summed E-state index contributed by atoms with van der Waals surface area (Å²) in [5.41, 5.74) is 20.2. The van der Waals surface area contributed by atoms with Gasteiger partial charge in [-0.1, -0.05) is 188 Å². The molecular weight excluding hydrogens is 775 g/mol. The Bertz CT molecular complexity index is 3420. The van der Waals surface area contributed by atoms with Crippen LogP contribution in [0, 0.1) is 0 Å². The average molecular weight is 818 g/mol. The number of hydrogen-bond donors (Lipinski definition) is 0. The number of nitrogens with zero attached hydrogens (tertiary/aromatic N) is 3. The van der Waals surface area contributed by atoms with Gasteiger partial charge in [0.25, 0.3) is 0 Å². The molecular formula is C61H43N3. The van der Waals surface area contributed by atoms with Gasteiger partial charge in [0.05, 0.1) is 22.4 Å². The normalized spacial score (nSPS) is 13.0. The first-order valence-electron chi connectivity index (χ1n) is 22.2. The number of fused-ring (bicyclic) bond motifs is 6. The van der Waals surface area contributed by atoms with Crippen molar-refractivity contribution in [3.8, 4) is 73.0 Å². The van der Waals surface area contributed by atoms with E-state index in [9.17, 15) is 0 Å². The highest BCUT2D eigenvalue weighted by Crippen LogP contribution is 2.48. The molecule has 11 aromatic rings. The first kappa shape index (κ1) is 37.6. The van der Waals surface area contributed by atoms with E-state index < -0.39 is 0 Å². The van der Waals surface area contributed by atoms with Crippen LogP contribution in [0.1, 0.15) is 29.0 Å². The van der Waals surface area contributed by atoms with E-state index >= 15 is 0 Å². The monoisotopic (exact) mass is 817 g/mol. The lowest BCUT2D eigenvalue weighted by atomic mass is 9.90. The third kappa shape index (κ3) is 6.79. The Morgan fingerprint density at radius 2 is 0.922 bits per heavy atom. The molecule has 0 radical (unpaired) electrons. The third-order valence-electron chi connectivity index (χ3n) is 13.1. The van der Waals surface area contributed by atoms with Crippen LogP contribution in [0.25, 0.3) is 94.8 Å². The maximum atomic E-state index is 5.06. The summed E-state index contributed by atoms with van der Waals surface area (Å²) in [5.74, 6) is 1.11. The molecule has 0 bridgehead atoms. The predicted molar refractivity (Wildman–Crippen MR) is 266 cm³/mol. The Labute approximate surface area is 373 Å². The molecule has 0 N–H and O–H groups in total. The number of hydrogen-bond acceptors (Lipinski definition) is 2. The van der Waals surface area contributed by atoms with Crippen molar-refractivity contribution in [2.45, 2.75) is 18.8 Å². The van der Waals surface area contributed by atoms with E-state index in [-0.39, 0.29) is 0 Å². The SMILES string of the molecule is c1ccc(CCC2c3ccccc3-c3cc(-c4cccc(-n5c6ccccc6c6cc(-c7ccc(-c8cc(-c9ccccc9)nc(-c9ccccc9)n8)cc7)ccc65)c4)ccc32)cc1. The summed E-state index contributed by atoms with van der Waals surface area (Å²) < 4.78 is 2.42. The highest BCUT2D eigenvalue weighted by atomic mass is 15.0. The van der Waals surface area contributed by atoms with Crippen molar-refractivity contribution in [3.63, 3.8) is 0 Å². The topological polar surface area (TPSA) is 30.7 Å². The fraction of sp³-hybridized carbons (Fsp3) is 0.0492. The van der Waals surface area contributed by atoms with Gasteiger partial charge in [-0.15, -0.1) is 0 Å². The van der Waals surface area contributed by atoms with Crippen molar-refractivity contribution < 1.29 is 0 Å². The Morgan fingerprint density at radius 3 is 1.72 bits per heavy atom. The van der Waals surface area contributed by atoms with Crippen LogP contribution in [-0.4, -0.2) is 14.5 Å². The molecule has 0 saturated carbocycles. The zero-order valence-corrected chi connectivity index (χ0v) is 35.3. The molecule has 0 fully saturated rings. The van der Waals surface area contributed by atoms with Crippen LogP contribution in [-0.2, 0) is 6.42 Å². The summed E-state index contributed by atoms with van der Waals surface area (Å²) in [5, 5.41) is 2.47. The van der Waals surface area contributed by atoms with Gasteiger partial charge in [-0.05, 0) is 105 Å². The molecule has 1 aliphatic carbocycles. The van der Waals surface area contributed by atoms with Crippen LogP contribution in [0.15, 0.2) is 231 Å². The van der Waals surface area contributed by atoms with Crippen LogP contribution < -0.4 is 0 Å². The van der Waals surface area contributed by atoms with Gasteiger partial charge in [-0.25, -0.2) is 9.97 Å². The Hall–Kier alpha value is -8.14. The molecule has 1 unspecified atom stereocenters. The summed E-state index contributed by atoms with van der Waals surface area (Å²) in [7, 11) is 0. The average Bonchev–Trinajstić information content (AvgIpc) is 3.88. The predicted octanol–water partition coefficient (Wildman–Crippen LogP) is 15.7. The van der Waals surface area contributed by atoms with E-state index in [0.717, 1.165) is 58.0 Å². The van der Waals surface area contributed by atoms with Crippen molar-refractivity contribution in [2.24, 2.45) is 0 Å². The van der Waals surface area contributed by atoms with E-state index in [4.69, 9.17) is 9.97 Å². The van der Waals surface area contributed by atoms with E-state index in [1.807, 2.05) is 24.3 Å². The third-order valence-corrected chi connectivity index (χ3v) is 13.1. The van der Waals surface area contributed by atoms with Crippen molar-refractivity contribution in [1.82, 2.24) is 14.5 Å². The summed E-state index contributed by atoms with van der Waals surface area (Å²) in [6.45, 7) is 0. The van der Waals surface area contributed by atoms with Crippen LogP contribution in [0.2, 0.25) is 0 Å². The lowest BCUT2D eigenvalue weighted by Gasteiger charge is -2.15. The van der Waals surface area contributed by atoms with Crippen LogP contribution in [0.4, 0.5) is 0 Å². The van der Waals surface area contributed by atoms with Crippen molar-refractivity contribution in [3.05, 3.63) is 247 Å².